The quantitative estimate of drug-likeness (QED) is 0.696. The highest BCUT2D eigenvalue weighted by Gasteiger charge is 2.27. The van der Waals surface area contributed by atoms with Gasteiger partial charge >= 0.3 is 0 Å². The molecule has 2 aliphatic rings. The monoisotopic (exact) mass is 207 g/mol. The number of fused-ring (bicyclic) bond motifs is 1. The predicted octanol–water partition coefficient (Wildman–Crippen LogP) is 0.319. The van der Waals surface area contributed by atoms with Crippen molar-refractivity contribution < 1.29 is 0 Å². The summed E-state index contributed by atoms with van der Waals surface area (Å²) in [5.41, 5.74) is 0. The molecule has 1 aromatic heterocycles. The molecule has 3 heterocycles. The Morgan fingerprint density at radius 1 is 1.27 bits per heavy atom. The van der Waals surface area contributed by atoms with E-state index in [4.69, 9.17) is 0 Å². The van der Waals surface area contributed by atoms with Gasteiger partial charge in [0.2, 0.25) is 5.95 Å². The average Bonchev–Trinajstić information content (AvgIpc) is 2.77. The molecule has 0 aliphatic carbocycles. The summed E-state index contributed by atoms with van der Waals surface area (Å²) in [6.45, 7) is 4.44. The zero-order chi connectivity index (χ0) is 10.1. The van der Waals surface area contributed by atoms with Crippen LogP contribution in [0.3, 0.4) is 0 Å². The van der Waals surface area contributed by atoms with Crippen LogP contribution in [0.2, 0.25) is 0 Å². The maximum absolute atomic E-state index is 4.23. The second-order valence-electron chi connectivity index (χ2n) is 4.49. The van der Waals surface area contributed by atoms with Gasteiger partial charge in [-0.15, -0.1) is 0 Å². The number of rotatable bonds is 1. The van der Waals surface area contributed by atoms with Crippen molar-refractivity contribution in [1.29, 1.82) is 0 Å². The summed E-state index contributed by atoms with van der Waals surface area (Å²) in [7, 11) is 0. The molecule has 15 heavy (non-hydrogen) atoms. The lowest BCUT2D eigenvalue weighted by atomic mass is 9.84. The fourth-order valence-corrected chi connectivity index (χ4v) is 2.68. The van der Waals surface area contributed by atoms with Gasteiger partial charge in [0, 0.05) is 13.1 Å². The van der Waals surface area contributed by atoms with E-state index in [2.05, 4.69) is 20.7 Å². The highest BCUT2D eigenvalue weighted by Crippen LogP contribution is 2.26. The Morgan fingerprint density at radius 3 is 3.00 bits per heavy atom. The van der Waals surface area contributed by atoms with Gasteiger partial charge in [-0.3, -0.25) is 0 Å². The van der Waals surface area contributed by atoms with E-state index < -0.39 is 0 Å². The minimum absolute atomic E-state index is 0.723. The zero-order valence-electron chi connectivity index (χ0n) is 8.82. The molecule has 0 radical (unpaired) electrons. The molecule has 0 bridgehead atoms. The Kier molecular flexibility index (Phi) is 2.32. The smallest absolute Gasteiger partial charge is 0.221 e. The molecule has 1 fully saturated rings. The van der Waals surface area contributed by atoms with Crippen molar-refractivity contribution in [1.82, 2.24) is 20.1 Å². The first-order valence-corrected chi connectivity index (χ1v) is 5.76. The Labute approximate surface area is 89.3 Å². The van der Waals surface area contributed by atoms with Crippen molar-refractivity contribution >= 4 is 5.95 Å². The van der Waals surface area contributed by atoms with Crippen molar-refractivity contribution in [2.75, 3.05) is 25.0 Å². The van der Waals surface area contributed by atoms with Crippen LogP contribution >= 0.6 is 0 Å². The first kappa shape index (κ1) is 9.15. The maximum Gasteiger partial charge on any atom is 0.221 e. The molecule has 2 aliphatic heterocycles. The van der Waals surface area contributed by atoms with E-state index in [0.717, 1.165) is 30.9 Å². The fraction of sp³-hybridized carbons (Fsp3) is 0.800. The lowest BCUT2D eigenvalue weighted by Gasteiger charge is -2.33. The third kappa shape index (κ3) is 1.71. The summed E-state index contributed by atoms with van der Waals surface area (Å²) >= 11 is 0. The fourth-order valence-electron chi connectivity index (χ4n) is 2.68. The van der Waals surface area contributed by atoms with Crippen molar-refractivity contribution in [2.24, 2.45) is 11.8 Å². The van der Waals surface area contributed by atoms with Crippen LogP contribution in [0, 0.1) is 11.8 Å². The van der Waals surface area contributed by atoms with Gasteiger partial charge in [-0.1, -0.05) is 0 Å². The molecular weight excluding hydrogens is 190 g/mol. The molecule has 5 nitrogen and oxygen atoms in total. The van der Waals surface area contributed by atoms with Crippen LogP contribution in [0.15, 0.2) is 6.33 Å². The highest BCUT2D eigenvalue weighted by molar-refractivity contribution is 5.25. The third-order valence-corrected chi connectivity index (χ3v) is 3.60. The second-order valence-corrected chi connectivity index (χ2v) is 4.49. The van der Waals surface area contributed by atoms with Crippen LogP contribution < -0.4 is 10.6 Å². The molecule has 0 aromatic carbocycles. The Hall–Kier alpha value is -1.10. The van der Waals surface area contributed by atoms with Gasteiger partial charge in [0.05, 0.1) is 0 Å². The number of hydrogen-bond donors (Lipinski definition) is 2. The normalized spacial score (nSPS) is 27.1. The summed E-state index contributed by atoms with van der Waals surface area (Å²) in [4.78, 5) is 4.16. The molecule has 82 valence electrons. The summed E-state index contributed by atoms with van der Waals surface area (Å²) in [6.07, 6.45) is 4.24. The van der Waals surface area contributed by atoms with Gasteiger partial charge in [-0.05, 0) is 37.8 Å². The Morgan fingerprint density at radius 2 is 2.13 bits per heavy atom. The van der Waals surface area contributed by atoms with E-state index >= 15 is 0 Å². The first-order chi connectivity index (χ1) is 7.43. The van der Waals surface area contributed by atoms with Gasteiger partial charge in [0.1, 0.15) is 6.33 Å². The predicted molar refractivity (Wildman–Crippen MR) is 57.6 cm³/mol. The summed E-state index contributed by atoms with van der Waals surface area (Å²) in [5, 5.41) is 11.0. The van der Waals surface area contributed by atoms with Gasteiger partial charge in [-0.25, -0.2) is 4.68 Å². The molecule has 0 amide bonds. The van der Waals surface area contributed by atoms with E-state index in [9.17, 15) is 0 Å². The van der Waals surface area contributed by atoms with Gasteiger partial charge in [0.25, 0.3) is 0 Å². The zero-order valence-corrected chi connectivity index (χ0v) is 8.82. The summed E-state index contributed by atoms with van der Waals surface area (Å²) in [6, 6.07) is 0. The number of nitrogens with zero attached hydrogens (tertiary/aromatic N) is 3. The van der Waals surface area contributed by atoms with E-state index in [1.54, 1.807) is 6.33 Å². The minimum atomic E-state index is 0.723. The molecule has 3 rings (SSSR count). The van der Waals surface area contributed by atoms with Crippen LogP contribution in [0.4, 0.5) is 5.95 Å². The van der Waals surface area contributed by atoms with Crippen LogP contribution in [0.1, 0.15) is 12.8 Å². The number of hydrogen-bond acceptors (Lipinski definition) is 4. The second kappa shape index (κ2) is 3.81. The van der Waals surface area contributed by atoms with E-state index in [1.165, 1.54) is 25.9 Å². The van der Waals surface area contributed by atoms with Gasteiger partial charge in [0.15, 0.2) is 0 Å². The lowest BCUT2D eigenvalue weighted by molar-refractivity contribution is 0.230. The van der Waals surface area contributed by atoms with Crippen LogP contribution in [-0.4, -0.2) is 34.4 Å². The number of anilines is 1. The molecule has 1 aromatic rings. The molecule has 0 saturated carbocycles. The van der Waals surface area contributed by atoms with Crippen molar-refractivity contribution in [3.8, 4) is 0 Å². The van der Waals surface area contributed by atoms with Crippen molar-refractivity contribution in [2.45, 2.75) is 19.4 Å². The number of aromatic nitrogens is 3. The Balaban J connectivity index is 1.69. The molecule has 2 N–H and O–H groups in total. The molecule has 0 spiro atoms. The molecule has 5 heteroatoms. The topological polar surface area (TPSA) is 54.8 Å². The van der Waals surface area contributed by atoms with Crippen LogP contribution in [0.5, 0.6) is 0 Å². The lowest BCUT2D eigenvalue weighted by Crippen LogP contribution is -2.38. The number of piperidine rings is 1. The minimum Gasteiger partial charge on any atom is -0.354 e. The average molecular weight is 207 g/mol. The standard InChI is InChI=1S/C10H17N5/c1-3-11-4-2-8(1)9-5-12-10-13-7-14-15(10)6-9/h7-9,11H,1-6H2,(H,12,13,14)/t9-/m1/s1. The summed E-state index contributed by atoms with van der Waals surface area (Å²) in [5.74, 6) is 2.50. The molecular formula is C10H17N5. The summed E-state index contributed by atoms with van der Waals surface area (Å²) < 4.78 is 2.00. The first-order valence-electron chi connectivity index (χ1n) is 5.76. The van der Waals surface area contributed by atoms with E-state index in [1.807, 2.05) is 4.68 Å². The third-order valence-electron chi connectivity index (χ3n) is 3.60. The Bertz CT molecular complexity index is 328. The van der Waals surface area contributed by atoms with Gasteiger partial charge in [-0.2, -0.15) is 10.1 Å². The molecule has 1 saturated heterocycles. The van der Waals surface area contributed by atoms with E-state index in [0.29, 0.717) is 0 Å². The molecule has 1 atom stereocenters. The SMILES string of the molecule is c1nc2n(n1)C[C@H](C1CCNCC1)CN2. The van der Waals surface area contributed by atoms with Crippen molar-refractivity contribution in [3.63, 3.8) is 0 Å². The highest BCUT2D eigenvalue weighted by atomic mass is 15.4. The molecule has 0 unspecified atom stereocenters. The van der Waals surface area contributed by atoms with E-state index in [-0.39, 0.29) is 0 Å². The maximum atomic E-state index is 4.23. The van der Waals surface area contributed by atoms with Gasteiger partial charge < -0.3 is 10.6 Å². The number of nitrogens with one attached hydrogen (secondary N) is 2. The van der Waals surface area contributed by atoms with Crippen LogP contribution in [-0.2, 0) is 6.54 Å². The largest absolute Gasteiger partial charge is 0.354 e. The van der Waals surface area contributed by atoms with Crippen molar-refractivity contribution in [3.05, 3.63) is 6.33 Å². The van der Waals surface area contributed by atoms with Crippen LogP contribution in [0.25, 0.3) is 0 Å².